The number of benzene rings is 1. The third-order valence-corrected chi connectivity index (χ3v) is 3.85. The molecule has 0 radical (unpaired) electrons. The maximum Gasteiger partial charge on any atom is 0.165 e. The first-order valence-electron chi connectivity index (χ1n) is 7.40. The number of rotatable bonds is 5. The Labute approximate surface area is 121 Å². The van der Waals surface area contributed by atoms with Crippen LogP contribution in [0, 0.1) is 11.7 Å². The Balaban J connectivity index is 2.32. The van der Waals surface area contributed by atoms with Gasteiger partial charge < -0.3 is 10.1 Å². The van der Waals surface area contributed by atoms with Crippen molar-refractivity contribution in [1.82, 2.24) is 10.2 Å². The van der Waals surface area contributed by atoms with Crippen molar-refractivity contribution in [2.75, 3.05) is 33.3 Å². The first-order chi connectivity index (χ1) is 9.63. The molecule has 0 aliphatic carbocycles. The predicted molar refractivity (Wildman–Crippen MR) is 79.6 cm³/mol. The fourth-order valence-corrected chi connectivity index (χ4v) is 2.92. The smallest absolute Gasteiger partial charge is 0.165 e. The van der Waals surface area contributed by atoms with Crippen molar-refractivity contribution in [3.63, 3.8) is 0 Å². The summed E-state index contributed by atoms with van der Waals surface area (Å²) in [6.45, 7) is 8.40. The third kappa shape index (κ3) is 3.49. The molecule has 1 saturated heterocycles. The van der Waals surface area contributed by atoms with Crippen LogP contribution in [0.3, 0.4) is 0 Å². The Morgan fingerprint density at radius 1 is 1.30 bits per heavy atom. The average molecular weight is 280 g/mol. The van der Waals surface area contributed by atoms with Gasteiger partial charge in [0.25, 0.3) is 0 Å². The number of para-hydroxylation sites is 1. The number of halogens is 1. The molecule has 112 valence electrons. The zero-order chi connectivity index (χ0) is 14.5. The molecule has 0 unspecified atom stereocenters. The highest BCUT2D eigenvalue weighted by Crippen LogP contribution is 2.35. The standard InChI is InChI=1S/C16H25FN2O/c1-12(2)11-15(19-9-7-18-8-10-19)13-5-4-6-14(17)16(13)20-3/h4-6,12,15,18H,7-11H2,1-3H3/t15-/m0/s1. The summed E-state index contributed by atoms with van der Waals surface area (Å²) in [5.74, 6) is 0.688. The van der Waals surface area contributed by atoms with E-state index in [1.165, 1.54) is 6.07 Å². The van der Waals surface area contributed by atoms with E-state index in [0.717, 1.165) is 38.2 Å². The van der Waals surface area contributed by atoms with E-state index in [1.54, 1.807) is 13.2 Å². The van der Waals surface area contributed by atoms with Gasteiger partial charge in [-0.3, -0.25) is 4.90 Å². The van der Waals surface area contributed by atoms with Gasteiger partial charge in [-0.25, -0.2) is 4.39 Å². The van der Waals surface area contributed by atoms with Crippen molar-refractivity contribution in [1.29, 1.82) is 0 Å². The minimum atomic E-state index is -0.270. The van der Waals surface area contributed by atoms with Crippen LogP contribution in [0.1, 0.15) is 31.9 Å². The average Bonchev–Trinajstić information content (AvgIpc) is 2.45. The van der Waals surface area contributed by atoms with Crippen molar-refractivity contribution in [2.24, 2.45) is 5.92 Å². The first kappa shape index (κ1) is 15.3. The lowest BCUT2D eigenvalue weighted by Crippen LogP contribution is -2.45. The molecular formula is C16H25FN2O. The molecule has 4 heteroatoms. The quantitative estimate of drug-likeness (QED) is 0.897. The van der Waals surface area contributed by atoms with Gasteiger partial charge in [-0.15, -0.1) is 0 Å². The molecule has 1 atom stereocenters. The summed E-state index contributed by atoms with van der Waals surface area (Å²) in [6.07, 6.45) is 1.01. The summed E-state index contributed by atoms with van der Waals surface area (Å²) < 4.78 is 19.3. The highest BCUT2D eigenvalue weighted by atomic mass is 19.1. The molecule has 0 amide bonds. The lowest BCUT2D eigenvalue weighted by molar-refractivity contribution is 0.151. The van der Waals surface area contributed by atoms with Crippen LogP contribution < -0.4 is 10.1 Å². The zero-order valence-electron chi connectivity index (χ0n) is 12.7. The van der Waals surface area contributed by atoms with E-state index in [1.807, 2.05) is 6.07 Å². The van der Waals surface area contributed by atoms with E-state index >= 15 is 0 Å². The number of hydrogen-bond acceptors (Lipinski definition) is 3. The van der Waals surface area contributed by atoms with Gasteiger partial charge in [0.2, 0.25) is 0 Å². The van der Waals surface area contributed by atoms with E-state index < -0.39 is 0 Å². The molecule has 1 aromatic carbocycles. The molecule has 0 bridgehead atoms. The molecule has 1 heterocycles. The summed E-state index contributed by atoms with van der Waals surface area (Å²) >= 11 is 0. The van der Waals surface area contributed by atoms with Crippen LogP contribution in [-0.4, -0.2) is 38.2 Å². The summed E-state index contributed by atoms with van der Waals surface area (Å²) in [6, 6.07) is 5.47. The van der Waals surface area contributed by atoms with Crippen LogP contribution >= 0.6 is 0 Å². The molecule has 1 aliphatic heterocycles. The highest BCUT2D eigenvalue weighted by molar-refractivity contribution is 5.37. The van der Waals surface area contributed by atoms with Crippen LogP contribution in [-0.2, 0) is 0 Å². The van der Waals surface area contributed by atoms with E-state index in [2.05, 4.69) is 24.1 Å². The Kier molecular flexibility index (Phi) is 5.38. The topological polar surface area (TPSA) is 24.5 Å². The van der Waals surface area contributed by atoms with Gasteiger partial charge in [-0.05, 0) is 18.4 Å². The van der Waals surface area contributed by atoms with E-state index in [-0.39, 0.29) is 11.9 Å². The number of methoxy groups -OCH3 is 1. The van der Waals surface area contributed by atoms with Crippen LogP contribution in [0.5, 0.6) is 5.75 Å². The van der Waals surface area contributed by atoms with Gasteiger partial charge in [0, 0.05) is 37.8 Å². The summed E-state index contributed by atoms with van der Waals surface area (Å²) in [7, 11) is 1.55. The van der Waals surface area contributed by atoms with Crippen molar-refractivity contribution in [3.8, 4) is 5.75 Å². The van der Waals surface area contributed by atoms with E-state index in [4.69, 9.17) is 4.74 Å². The molecule has 20 heavy (non-hydrogen) atoms. The largest absolute Gasteiger partial charge is 0.493 e. The normalized spacial score (nSPS) is 18.2. The van der Waals surface area contributed by atoms with Crippen LogP contribution in [0.2, 0.25) is 0 Å². The second-order valence-electron chi connectivity index (χ2n) is 5.79. The van der Waals surface area contributed by atoms with Crippen molar-refractivity contribution in [2.45, 2.75) is 26.3 Å². The number of nitrogens with zero attached hydrogens (tertiary/aromatic N) is 1. The number of piperazine rings is 1. The van der Waals surface area contributed by atoms with Gasteiger partial charge in [0.05, 0.1) is 7.11 Å². The number of ether oxygens (including phenoxy) is 1. The molecule has 1 aliphatic rings. The summed E-state index contributed by atoms with van der Waals surface area (Å²) in [5, 5.41) is 3.37. The van der Waals surface area contributed by atoms with Crippen molar-refractivity contribution >= 4 is 0 Å². The van der Waals surface area contributed by atoms with Crippen molar-refractivity contribution < 1.29 is 9.13 Å². The summed E-state index contributed by atoms with van der Waals surface area (Å²) in [5.41, 5.74) is 0.975. The third-order valence-electron chi connectivity index (χ3n) is 3.85. The maximum absolute atomic E-state index is 14.0. The second-order valence-corrected chi connectivity index (χ2v) is 5.79. The lowest BCUT2D eigenvalue weighted by atomic mass is 9.94. The van der Waals surface area contributed by atoms with Gasteiger partial charge >= 0.3 is 0 Å². The molecule has 0 spiro atoms. The first-order valence-corrected chi connectivity index (χ1v) is 7.40. The second kappa shape index (κ2) is 7.04. The Morgan fingerprint density at radius 3 is 2.60 bits per heavy atom. The molecule has 1 N–H and O–H groups in total. The van der Waals surface area contributed by atoms with Crippen LogP contribution in [0.15, 0.2) is 18.2 Å². The van der Waals surface area contributed by atoms with Crippen LogP contribution in [0.25, 0.3) is 0 Å². The predicted octanol–water partition coefficient (Wildman–Crippen LogP) is 2.83. The minimum absolute atomic E-state index is 0.225. The Morgan fingerprint density at radius 2 is 2.00 bits per heavy atom. The molecule has 2 rings (SSSR count). The van der Waals surface area contributed by atoms with Gasteiger partial charge in [-0.2, -0.15) is 0 Å². The fourth-order valence-electron chi connectivity index (χ4n) is 2.92. The Hall–Kier alpha value is -1.13. The molecule has 0 aromatic heterocycles. The van der Waals surface area contributed by atoms with Gasteiger partial charge in [0.15, 0.2) is 11.6 Å². The number of hydrogen-bond donors (Lipinski definition) is 1. The molecule has 0 saturated carbocycles. The zero-order valence-corrected chi connectivity index (χ0v) is 12.7. The van der Waals surface area contributed by atoms with Gasteiger partial charge in [-0.1, -0.05) is 26.0 Å². The lowest BCUT2D eigenvalue weighted by Gasteiger charge is -2.36. The van der Waals surface area contributed by atoms with Crippen molar-refractivity contribution in [3.05, 3.63) is 29.6 Å². The molecular weight excluding hydrogens is 255 g/mol. The highest BCUT2D eigenvalue weighted by Gasteiger charge is 2.26. The van der Waals surface area contributed by atoms with Gasteiger partial charge in [0.1, 0.15) is 0 Å². The van der Waals surface area contributed by atoms with E-state index in [0.29, 0.717) is 11.7 Å². The number of nitrogens with one attached hydrogen (secondary N) is 1. The SMILES string of the molecule is COc1c(F)cccc1[C@H](CC(C)C)N1CCNCC1. The minimum Gasteiger partial charge on any atom is -0.493 e. The molecule has 1 fully saturated rings. The Bertz CT molecular complexity index is 430. The molecule has 1 aromatic rings. The maximum atomic E-state index is 14.0. The fraction of sp³-hybridized carbons (Fsp3) is 0.625. The summed E-state index contributed by atoms with van der Waals surface area (Å²) in [4.78, 5) is 2.44. The monoisotopic (exact) mass is 280 g/mol. The molecule has 3 nitrogen and oxygen atoms in total. The van der Waals surface area contributed by atoms with E-state index in [9.17, 15) is 4.39 Å². The van der Waals surface area contributed by atoms with Crippen LogP contribution in [0.4, 0.5) is 4.39 Å².